The molecule has 1 atom stereocenters. The number of nitrogens with one attached hydrogen (secondary N) is 1. The second-order valence-electron chi connectivity index (χ2n) is 3.67. The largest absolute Gasteiger partial charge is 0.468 e. The van der Waals surface area contributed by atoms with Crippen molar-refractivity contribution in [2.24, 2.45) is 0 Å². The zero-order valence-corrected chi connectivity index (χ0v) is 10.3. The molecule has 1 rings (SSSR count). The van der Waals surface area contributed by atoms with E-state index < -0.39 is 6.04 Å². The van der Waals surface area contributed by atoms with E-state index in [9.17, 15) is 4.79 Å². The number of rotatable bonds is 7. The number of benzene rings is 1. The summed E-state index contributed by atoms with van der Waals surface area (Å²) in [6.07, 6.45) is 0.846. The van der Waals surface area contributed by atoms with Crippen LogP contribution in [0.15, 0.2) is 30.3 Å². The maximum Gasteiger partial charge on any atom is 0.325 e. The van der Waals surface area contributed by atoms with Gasteiger partial charge in [0, 0.05) is 0 Å². The third kappa shape index (κ3) is 4.97. The van der Waals surface area contributed by atoms with Gasteiger partial charge in [-0.1, -0.05) is 30.3 Å². The van der Waals surface area contributed by atoms with Gasteiger partial charge in [-0.2, -0.15) is 0 Å². The number of hydrogen-bond acceptors (Lipinski definition) is 4. The SMILES string of the molecule is CNC(COCCc1ccccc1)C(=O)OC. The number of carbonyl (C=O) groups excluding carboxylic acids is 1. The van der Waals surface area contributed by atoms with Gasteiger partial charge in [-0.25, -0.2) is 0 Å². The van der Waals surface area contributed by atoms with Gasteiger partial charge in [0.15, 0.2) is 0 Å². The number of esters is 1. The van der Waals surface area contributed by atoms with E-state index in [1.807, 2.05) is 18.2 Å². The van der Waals surface area contributed by atoms with Crippen molar-refractivity contribution in [1.29, 1.82) is 0 Å². The first-order valence-corrected chi connectivity index (χ1v) is 5.64. The molecule has 0 radical (unpaired) electrons. The predicted octanol–water partition coefficient (Wildman–Crippen LogP) is 1.01. The topological polar surface area (TPSA) is 47.6 Å². The molecule has 0 amide bonds. The summed E-state index contributed by atoms with van der Waals surface area (Å²) in [6, 6.07) is 9.70. The molecule has 0 aliphatic heterocycles. The summed E-state index contributed by atoms with van der Waals surface area (Å²) < 4.78 is 10.1. The Kier molecular flexibility index (Phi) is 6.29. The van der Waals surface area contributed by atoms with Crippen LogP contribution in [0.1, 0.15) is 5.56 Å². The van der Waals surface area contributed by atoms with E-state index in [-0.39, 0.29) is 5.97 Å². The van der Waals surface area contributed by atoms with E-state index >= 15 is 0 Å². The second-order valence-corrected chi connectivity index (χ2v) is 3.67. The van der Waals surface area contributed by atoms with Crippen LogP contribution in [-0.2, 0) is 20.7 Å². The minimum absolute atomic E-state index is 0.299. The van der Waals surface area contributed by atoms with E-state index in [2.05, 4.69) is 22.2 Å². The van der Waals surface area contributed by atoms with Gasteiger partial charge in [-0.3, -0.25) is 4.79 Å². The highest BCUT2D eigenvalue weighted by molar-refractivity contribution is 5.75. The molecule has 0 aliphatic rings. The third-order valence-electron chi connectivity index (χ3n) is 2.50. The molecule has 0 aliphatic carbocycles. The van der Waals surface area contributed by atoms with Gasteiger partial charge >= 0.3 is 5.97 Å². The first-order valence-electron chi connectivity index (χ1n) is 5.64. The molecule has 1 aromatic rings. The van der Waals surface area contributed by atoms with E-state index in [4.69, 9.17) is 4.74 Å². The highest BCUT2D eigenvalue weighted by Gasteiger charge is 2.16. The van der Waals surface area contributed by atoms with Crippen molar-refractivity contribution in [3.63, 3.8) is 0 Å². The lowest BCUT2D eigenvalue weighted by atomic mass is 10.2. The normalized spacial score (nSPS) is 12.1. The van der Waals surface area contributed by atoms with Gasteiger partial charge in [0.05, 0.1) is 20.3 Å². The molecule has 0 saturated carbocycles. The maximum absolute atomic E-state index is 11.2. The van der Waals surface area contributed by atoms with Gasteiger partial charge in [0.25, 0.3) is 0 Å². The van der Waals surface area contributed by atoms with Crippen molar-refractivity contribution in [2.45, 2.75) is 12.5 Å². The van der Waals surface area contributed by atoms with Crippen LogP contribution in [0, 0.1) is 0 Å². The van der Waals surface area contributed by atoms with Crippen LogP contribution >= 0.6 is 0 Å². The number of likely N-dealkylation sites (N-methyl/N-ethyl adjacent to an activating group) is 1. The maximum atomic E-state index is 11.2. The molecule has 1 N–H and O–H groups in total. The lowest BCUT2D eigenvalue weighted by Crippen LogP contribution is -2.39. The van der Waals surface area contributed by atoms with Crippen LogP contribution in [0.4, 0.5) is 0 Å². The monoisotopic (exact) mass is 237 g/mol. The highest BCUT2D eigenvalue weighted by atomic mass is 16.5. The fourth-order valence-corrected chi connectivity index (χ4v) is 1.45. The van der Waals surface area contributed by atoms with Crippen LogP contribution < -0.4 is 5.32 Å². The highest BCUT2D eigenvalue weighted by Crippen LogP contribution is 2.00. The molecular formula is C13H19NO3. The number of ether oxygens (including phenoxy) is 2. The van der Waals surface area contributed by atoms with Crippen LogP contribution in [0.25, 0.3) is 0 Å². The van der Waals surface area contributed by atoms with Gasteiger partial charge < -0.3 is 14.8 Å². The molecule has 4 heteroatoms. The lowest BCUT2D eigenvalue weighted by Gasteiger charge is -2.13. The number of carbonyl (C=O) groups is 1. The molecule has 1 unspecified atom stereocenters. The molecule has 94 valence electrons. The second kappa shape index (κ2) is 7.81. The fourth-order valence-electron chi connectivity index (χ4n) is 1.45. The molecule has 1 aromatic carbocycles. The van der Waals surface area contributed by atoms with Crippen LogP contribution in [0.3, 0.4) is 0 Å². The summed E-state index contributed by atoms with van der Waals surface area (Å²) in [7, 11) is 3.08. The van der Waals surface area contributed by atoms with Crippen molar-refractivity contribution >= 4 is 5.97 Å². The van der Waals surface area contributed by atoms with Gasteiger partial charge in [0.2, 0.25) is 0 Å². The lowest BCUT2D eigenvalue weighted by molar-refractivity contribution is -0.144. The third-order valence-corrected chi connectivity index (χ3v) is 2.50. The van der Waals surface area contributed by atoms with Crippen LogP contribution in [0.2, 0.25) is 0 Å². The average Bonchev–Trinajstić information content (AvgIpc) is 2.39. The summed E-state index contributed by atoms with van der Waals surface area (Å²) in [4.78, 5) is 11.2. The Morgan fingerprint density at radius 1 is 1.35 bits per heavy atom. The van der Waals surface area contributed by atoms with Gasteiger partial charge in [-0.05, 0) is 19.0 Å². The summed E-state index contributed by atoms with van der Waals surface area (Å²) >= 11 is 0. The average molecular weight is 237 g/mol. The first kappa shape index (κ1) is 13.7. The van der Waals surface area contributed by atoms with Crippen molar-refractivity contribution in [3.05, 3.63) is 35.9 Å². The molecule has 0 spiro atoms. The quantitative estimate of drug-likeness (QED) is 0.568. The number of hydrogen-bond donors (Lipinski definition) is 1. The zero-order valence-electron chi connectivity index (χ0n) is 10.3. The summed E-state index contributed by atoms with van der Waals surface area (Å²) in [5.41, 5.74) is 1.23. The minimum Gasteiger partial charge on any atom is -0.468 e. The predicted molar refractivity (Wildman–Crippen MR) is 65.8 cm³/mol. The molecule has 4 nitrogen and oxygen atoms in total. The van der Waals surface area contributed by atoms with E-state index in [0.717, 1.165) is 6.42 Å². The van der Waals surface area contributed by atoms with E-state index in [1.54, 1.807) is 7.05 Å². The minimum atomic E-state index is -0.393. The Labute approximate surface area is 102 Å². The molecule has 0 aromatic heterocycles. The van der Waals surface area contributed by atoms with E-state index in [1.165, 1.54) is 12.7 Å². The van der Waals surface area contributed by atoms with Crippen molar-refractivity contribution in [2.75, 3.05) is 27.4 Å². The Bertz CT molecular complexity index is 327. The zero-order chi connectivity index (χ0) is 12.5. The Morgan fingerprint density at radius 3 is 2.65 bits per heavy atom. The molecule has 0 heterocycles. The summed E-state index contributed by atoms with van der Waals surface area (Å²) in [6.45, 7) is 0.926. The smallest absolute Gasteiger partial charge is 0.325 e. The molecule has 0 saturated heterocycles. The van der Waals surface area contributed by atoms with Crippen molar-refractivity contribution in [1.82, 2.24) is 5.32 Å². The Balaban J connectivity index is 2.21. The van der Waals surface area contributed by atoms with Crippen molar-refractivity contribution in [3.8, 4) is 0 Å². The first-order chi connectivity index (χ1) is 8.27. The Morgan fingerprint density at radius 2 is 2.06 bits per heavy atom. The summed E-state index contributed by atoms with van der Waals surface area (Å²) in [5.74, 6) is -0.299. The fraction of sp³-hybridized carbons (Fsp3) is 0.462. The van der Waals surface area contributed by atoms with Crippen LogP contribution in [-0.4, -0.2) is 39.4 Å². The standard InChI is InChI=1S/C13H19NO3/c1-14-12(13(15)16-2)10-17-9-8-11-6-4-3-5-7-11/h3-7,12,14H,8-10H2,1-2H3. The summed E-state index contributed by atoms with van der Waals surface area (Å²) in [5, 5.41) is 2.85. The molecular weight excluding hydrogens is 218 g/mol. The van der Waals surface area contributed by atoms with Crippen molar-refractivity contribution < 1.29 is 14.3 Å². The molecule has 0 bridgehead atoms. The molecule has 17 heavy (non-hydrogen) atoms. The Hall–Kier alpha value is -1.39. The van der Waals surface area contributed by atoms with Gasteiger partial charge in [0.1, 0.15) is 6.04 Å². The van der Waals surface area contributed by atoms with Crippen LogP contribution in [0.5, 0.6) is 0 Å². The number of methoxy groups -OCH3 is 1. The van der Waals surface area contributed by atoms with E-state index in [0.29, 0.717) is 13.2 Å². The molecule has 0 fully saturated rings. The van der Waals surface area contributed by atoms with Gasteiger partial charge in [-0.15, -0.1) is 0 Å².